The summed E-state index contributed by atoms with van der Waals surface area (Å²) in [5, 5.41) is 3.83. The van der Waals surface area contributed by atoms with Crippen molar-refractivity contribution in [3.05, 3.63) is 63.1 Å². The van der Waals surface area contributed by atoms with Crippen molar-refractivity contribution in [1.82, 2.24) is 4.90 Å². The normalized spacial score (nSPS) is 20.6. The van der Waals surface area contributed by atoms with Crippen molar-refractivity contribution >= 4 is 61.3 Å². The minimum Gasteiger partial charge on any atom is -0.297 e. The number of hydrogen-bond acceptors (Lipinski definition) is 3. The van der Waals surface area contributed by atoms with Crippen molar-refractivity contribution in [3.63, 3.8) is 0 Å². The second-order valence-electron chi connectivity index (χ2n) is 7.78. The van der Waals surface area contributed by atoms with Crippen LogP contribution in [0.2, 0.25) is 0 Å². The van der Waals surface area contributed by atoms with Crippen LogP contribution < -0.4 is 0 Å². The van der Waals surface area contributed by atoms with Crippen LogP contribution >= 0.6 is 45.7 Å². The highest BCUT2D eigenvalue weighted by molar-refractivity contribution is 14.1. The third kappa shape index (κ3) is 4.07. The Bertz CT molecular complexity index is 1010. The molecule has 144 valence electrons. The van der Waals surface area contributed by atoms with Crippen LogP contribution in [0.1, 0.15) is 37.7 Å². The molecular weight excluding hydrogens is 493 g/mol. The molecule has 0 saturated carbocycles. The number of thiophene rings is 1. The first-order valence-corrected chi connectivity index (χ1v) is 12.9. The molecule has 3 aromatic rings. The maximum atomic E-state index is 2.71. The summed E-state index contributed by atoms with van der Waals surface area (Å²) in [4.78, 5) is 5.35. The van der Waals surface area contributed by atoms with Gasteiger partial charge in [0.2, 0.25) is 0 Å². The predicted octanol–water partition coefficient (Wildman–Crippen LogP) is 7.69. The van der Waals surface area contributed by atoms with Gasteiger partial charge in [0.05, 0.1) is 0 Å². The van der Waals surface area contributed by atoms with E-state index >= 15 is 0 Å². The molecule has 28 heavy (non-hydrogen) atoms. The fourth-order valence-corrected chi connectivity index (χ4v) is 6.67. The van der Waals surface area contributed by atoms with Gasteiger partial charge < -0.3 is 0 Å². The van der Waals surface area contributed by atoms with Crippen LogP contribution in [0.5, 0.6) is 0 Å². The third-order valence-electron chi connectivity index (χ3n) is 6.01. The molecule has 0 N–H and O–H groups in total. The first kappa shape index (κ1) is 19.2. The molecule has 2 aliphatic rings. The summed E-state index contributed by atoms with van der Waals surface area (Å²) in [6.07, 6.45) is 9.24. The van der Waals surface area contributed by atoms with E-state index in [9.17, 15) is 0 Å². The Hall–Kier alpha value is -0.820. The molecule has 2 aliphatic heterocycles. The van der Waals surface area contributed by atoms with Gasteiger partial charge in [-0.3, -0.25) is 4.90 Å². The van der Waals surface area contributed by atoms with Crippen LogP contribution in [0.3, 0.4) is 0 Å². The zero-order valence-electron chi connectivity index (χ0n) is 15.9. The van der Waals surface area contributed by atoms with E-state index in [0.29, 0.717) is 0 Å². The molecule has 1 aromatic heterocycles. The van der Waals surface area contributed by atoms with Gasteiger partial charge in [-0.05, 0) is 114 Å². The summed E-state index contributed by atoms with van der Waals surface area (Å²) >= 11 is 6.12. The Morgan fingerprint density at radius 2 is 1.86 bits per heavy atom. The van der Waals surface area contributed by atoms with Crippen LogP contribution in [0.4, 0.5) is 0 Å². The Labute approximate surface area is 189 Å². The molecule has 1 atom stereocenters. The standard InChI is InChI=1S/C24H24INS2/c25-18-5-8-20(9-6-18)28-21-10-11-24-22(15-21)23(16-27-24)17-4-7-19-3-1-2-13-26(19)14-12-17/h5-6,8-12,15-16,19H,1-4,7,13-14H2. The topological polar surface area (TPSA) is 3.24 Å². The highest BCUT2D eigenvalue weighted by Gasteiger charge is 2.24. The average molecular weight is 518 g/mol. The largest absolute Gasteiger partial charge is 0.297 e. The number of halogens is 1. The maximum absolute atomic E-state index is 2.71. The summed E-state index contributed by atoms with van der Waals surface area (Å²) in [5.74, 6) is 0. The molecular formula is C24H24INS2. The molecule has 0 bridgehead atoms. The second kappa shape index (κ2) is 8.50. The number of allylic oxidation sites excluding steroid dienone is 1. The highest BCUT2D eigenvalue weighted by Crippen LogP contribution is 2.39. The van der Waals surface area contributed by atoms with Crippen molar-refractivity contribution in [2.24, 2.45) is 0 Å². The SMILES string of the molecule is Ic1ccc(Sc2ccc3scc(C4=CCN5CCCCC5CC4)c3c2)cc1. The monoisotopic (exact) mass is 517 g/mol. The van der Waals surface area contributed by atoms with E-state index in [1.54, 1.807) is 5.57 Å². The molecule has 5 rings (SSSR count). The van der Waals surface area contributed by atoms with Crippen molar-refractivity contribution in [3.8, 4) is 0 Å². The molecule has 0 aliphatic carbocycles. The zero-order valence-corrected chi connectivity index (χ0v) is 19.7. The van der Waals surface area contributed by atoms with Crippen molar-refractivity contribution in [2.45, 2.75) is 47.9 Å². The van der Waals surface area contributed by atoms with E-state index < -0.39 is 0 Å². The second-order valence-corrected chi connectivity index (χ2v) is 11.1. The van der Waals surface area contributed by atoms with Gasteiger partial charge in [0.15, 0.2) is 0 Å². The molecule has 0 amide bonds. The summed E-state index contributed by atoms with van der Waals surface area (Å²) in [6, 6.07) is 16.6. The van der Waals surface area contributed by atoms with Gasteiger partial charge in [0, 0.05) is 36.0 Å². The van der Waals surface area contributed by atoms with Crippen molar-refractivity contribution in [1.29, 1.82) is 0 Å². The van der Waals surface area contributed by atoms with E-state index in [0.717, 1.165) is 12.6 Å². The molecule has 1 unspecified atom stereocenters. The zero-order chi connectivity index (χ0) is 18.9. The van der Waals surface area contributed by atoms with Gasteiger partial charge in [0.1, 0.15) is 0 Å². The Kier molecular flexibility index (Phi) is 5.82. The minimum atomic E-state index is 0.805. The summed E-state index contributed by atoms with van der Waals surface area (Å²) in [7, 11) is 0. The Morgan fingerprint density at radius 3 is 2.75 bits per heavy atom. The smallest absolute Gasteiger partial charge is 0.0349 e. The number of benzene rings is 2. The molecule has 0 spiro atoms. The predicted molar refractivity (Wildman–Crippen MR) is 132 cm³/mol. The minimum absolute atomic E-state index is 0.805. The van der Waals surface area contributed by atoms with Crippen LogP contribution in [0.25, 0.3) is 15.7 Å². The van der Waals surface area contributed by atoms with Gasteiger partial charge in [0.25, 0.3) is 0 Å². The van der Waals surface area contributed by atoms with Crippen molar-refractivity contribution in [2.75, 3.05) is 13.1 Å². The lowest BCUT2D eigenvalue weighted by Gasteiger charge is -2.33. The number of piperidine rings is 1. The van der Waals surface area contributed by atoms with Gasteiger partial charge in [-0.1, -0.05) is 24.3 Å². The summed E-state index contributed by atoms with van der Waals surface area (Å²) in [5.41, 5.74) is 3.04. The average Bonchev–Trinajstić information content (AvgIpc) is 3.01. The molecule has 0 radical (unpaired) electrons. The molecule has 1 nitrogen and oxygen atoms in total. The van der Waals surface area contributed by atoms with Crippen molar-refractivity contribution < 1.29 is 0 Å². The van der Waals surface area contributed by atoms with E-state index in [1.807, 2.05) is 23.1 Å². The first-order chi connectivity index (χ1) is 13.8. The van der Waals surface area contributed by atoms with Crippen LogP contribution in [-0.4, -0.2) is 24.0 Å². The van der Waals surface area contributed by atoms with Crippen LogP contribution in [0, 0.1) is 3.57 Å². The summed E-state index contributed by atoms with van der Waals surface area (Å²) < 4.78 is 2.69. The number of nitrogens with zero attached hydrogens (tertiary/aromatic N) is 1. The number of rotatable bonds is 3. The summed E-state index contributed by atoms with van der Waals surface area (Å²) in [6.45, 7) is 2.42. The lowest BCUT2D eigenvalue weighted by Crippen LogP contribution is -2.38. The molecule has 2 aromatic carbocycles. The van der Waals surface area contributed by atoms with E-state index in [2.05, 4.69) is 81.4 Å². The third-order valence-corrected chi connectivity index (χ3v) is 8.69. The van der Waals surface area contributed by atoms with E-state index in [4.69, 9.17) is 0 Å². The fraction of sp³-hybridized carbons (Fsp3) is 0.333. The highest BCUT2D eigenvalue weighted by atomic mass is 127. The number of fused-ring (bicyclic) bond motifs is 2. The molecule has 1 fully saturated rings. The quantitative estimate of drug-likeness (QED) is 0.328. The fourth-order valence-electron chi connectivity index (χ4n) is 4.48. The number of hydrogen-bond donors (Lipinski definition) is 0. The molecule has 1 saturated heterocycles. The maximum Gasteiger partial charge on any atom is 0.0349 e. The Morgan fingerprint density at radius 1 is 1.00 bits per heavy atom. The van der Waals surface area contributed by atoms with E-state index in [1.165, 1.54) is 67.7 Å². The first-order valence-electron chi connectivity index (χ1n) is 10.1. The van der Waals surface area contributed by atoms with Crippen LogP contribution in [0.15, 0.2) is 63.7 Å². The molecule has 4 heteroatoms. The lowest BCUT2D eigenvalue weighted by atomic mass is 9.95. The molecule has 3 heterocycles. The lowest BCUT2D eigenvalue weighted by molar-refractivity contribution is 0.161. The van der Waals surface area contributed by atoms with Gasteiger partial charge >= 0.3 is 0 Å². The van der Waals surface area contributed by atoms with Crippen LogP contribution in [-0.2, 0) is 0 Å². The Balaban J connectivity index is 1.43. The van der Waals surface area contributed by atoms with Gasteiger partial charge in [-0.2, -0.15) is 0 Å². The van der Waals surface area contributed by atoms with Gasteiger partial charge in [-0.15, -0.1) is 11.3 Å². The van der Waals surface area contributed by atoms with Gasteiger partial charge in [-0.25, -0.2) is 0 Å². The van der Waals surface area contributed by atoms with E-state index in [-0.39, 0.29) is 0 Å².